The summed E-state index contributed by atoms with van der Waals surface area (Å²) in [7, 11) is 2.10. The largest absolute Gasteiger partial charge is 0.382 e. The second-order valence-electron chi connectivity index (χ2n) is 5.08. The molecule has 0 spiro atoms. The molecule has 4 nitrogen and oxygen atoms in total. The Kier molecular flexibility index (Phi) is 4.04. The van der Waals surface area contributed by atoms with Gasteiger partial charge in [-0.15, -0.1) is 0 Å². The van der Waals surface area contributed by atoms with Crippen LogP contribution < -0.4 is 10.6 Å². The van der Waals surface area contributed by atoms with Crippen LogP contribution in [0.15, 0.2) is 24.5 Å². The van der Waals surface area contributed by atoms with E-state index < -0.39 is 0 Å². The fourth-order valence-corrected chi connectivity index (χ4v) is 2.84. The first-order valence-corrected chi connectivity index (χ1v) is 7.18. The number of rotatable bonds is 4. The molecule has 2 rings (SSSR count). The second kappa shape index (κ2) is 5.57. The van der Waals surface area contributed by atoms with Crippen LogP contribution in [-0.4, -0.2) is 22.4 Å². The monoisotopic (exact) mass is 276 g/mol. The number of anilines is 2. The Morgan fingerprint density at radius 2 is 1.84 bits per heavy atom. The molecule has 0 amide bonds. The molecule has 0 aliphatic heterocycles. The highest BCUT2D eigenvalue weighted by Crippen LogP contribution is 2.39. The molecule has 2 aromatic rings. The van der Waals surface area contributed by atoms with Crippen molar-refractivity contribution in [1.29, 1.82) is 0 Å². The first-order valence-electron chi connectivity index (χ1n) is 6.40. The van der Waals surface area contributed by atoms with E-state index in [9.17, 15) is 0 Å². The number of aromatic nitrogens is 2. The van der Waals surface area contributed by atoms with E-state index >= 15 is 0 Å². The maximum Gasteiger partial charge on any atom is 0.147 e. The third-order valence-electron chi connectivity index (χ3n) is 3.57. The van der Waals surface area contributed by atoms with Crippen molar-refractivity contribution in [2.45, 2.75) is 26.8 Å². The maximum atomic E-state index is 6.04. The smallest absolute Gasteiger partial charge is 0.147 e. The van der Waals surface area contributed by atoms with Gasteiger partial charge in [-0.1, -0.05) is 13.8 Å². The maximum absolute atomic E-state index is 6.04. The Morgan fingerprint density at radius 1 is 1.21 bits per heavy atom. The molecule has 0 aromatic carbocycles. The van der Waals surface area contributed by atoms with Crippen LogP contribution in [0.5, 0.6) is 0 Å². The van der Waals surface area contributed by atoms with Crippen molar-refractivity contribution in [3.05, 3.63) is 24.5 Å². The summed E-state index contributed by atoms with van der Waals surface area (Å²) in [5.41, 5.74) is 8.12. The highest BCUT2D eigenvalue weighted by Gasteiger charge is 2.21. The first kappa shape index (κ1) is 13.8. The zero-order valence-corrected chi connectivity index (χ0v) is 12.6. The molecular formula is C14H20N4S. The van der Waals surface area contributed by atoms with E-state index in [0.29, 0.717) is 17.8 Å². The third kappa shape index (κ3) is 2.71. The molecule has 19 heavy (non-hydrogen) atoms. The zero-order chi connectivity index (χ0) is 14.0. The molecule has 102 valence electrons. The molecule has 0 aliphatic rings. The lowest BCUT2D eigenvalue weighted by Crippen LogP contribution is -2.32. The summed E-state index contributed by atoms with van der Waals surface area (Å²) in [4.78, 5) is 6.31. The lowest BCUT2D eigenvalue weighted by atomic mass is 10.0. The molecule has 0 saturated carbocycles. The van der Waals surface area contributed by atoms with E-state index in [1.54, 1.807) is 12.4 Å². The molecule has 0 bridgehead atoms. The lowest BCUT2D eigenvalue weighted by Gasteiger charge is -2.29. The molecule has 0 saturated heterocycles. The van der Waals surface area contributed by atoms with Gasteiger partial charge in [-0.05, 0) is 42.1 Å². The van der Waals surface area contributed by atoms with Crippen LogP contribution in [-0.2, 0) is 0 Å². The van der Waals surface area contributed by atoms with Gasteiger partial charge in [0.15, 0.2) is 0 Å². The molecule has 1 atom stereocenters. The lowest BCUT2D eigenvalue weighted by molar-refractivity contribution is 0.508. The van der Waals surface area contributed by atoms with Crippen molar-refractivity contribution in [2.75, 3.05) is 17.7 Å². The highest BCUT2D eigenvalue weighted by molar-refractivity contribution is 7.11. The van der Waals surface area contributed by atoms with Crippen LogP contribution in [0.3, 0.4) is 0 Å². The van der Waals surface area contributed by atoms with Gasteiger partial charge >= 0.3 is 0 Å². The van der Waals surface area contributed by atoms with E-state index in [2.05, 4.69) is 42.1 Å². The van der Waals surface area contributed by atoms with Gasteiger partial charge in [0.2, 0.25) is 0 Å². The normalized spacial score (nSPS) is 12.7. The van der Waals surface area contributed by atoms with Crippen LogP contribution in [0.4, 0.5) is 10.8 Å². The number of nitrogen functional groups attached to an aromatic ring is 1. The summed E-state index contributed by atoms with van der Waals surface area (Å²) in [5.74, 6) is 1.16. The second-order valence-corrected chi connectivity index (χ2v) is 5.83. The van der Waals surface area contributed by atoms with Crippen LogP contribution >= 0.6 is 11.5 Å². The predicted octanol–water partition coefficient (Wildman–Crippen LogP) is 3.27. The summed E-state index contributed by atoms with van der Waals surface area (Å²) in [5, 5.41) is 1.12. The van der Waals surface area contributed by atoms with Crippen molar-refractivity contribution < 1.29 is 0 Å². The molecule has 5 heteroatoms. The van der Waals surface area contributed by atoms with E-state index in [1.807, 2.05) is 12.1 Å². The summed E-state index contributed by atoms with van der Waals surface area (Å²) in [6, 6.07) is 4.37. The van der Waals surface area contributed by atoms with Crippen molar-refractivity contribution >= 4 is 22.4 Å². The van der Waals surface area contributed by atoms with Gasteiger partial charge in [-0.25, -0.2) is 0 Å². The number of hydrogen-bond acceptors (Lipinski definition) is 5. The van der Waals surface area contributed by atoms with Crippen molar-refractivity contribution in [2.24, 2.45) is 5.92 Å². The van der Waals surface area contributed by atoms with Crippen LogP contribution in [0, 0.1) is 5.92 Å². The van der Waals surface area contributed by atoms with Gasteiger partial charge in [0.1, 0.15) is 10.8 Å². The molecule has 2 heterocycles. The first-order chi connectivity index (χ1) is 9.02. The highest BCUT2D eigenvalue weighted by atomic mass is 32.1. The minimum Gasteiger partial charge on any atom is -0.382 e. The Bertz CT molecular complexity index is 536. The van der Waals surface area contributed by atoms with Crippen LogP contribution in [0.2, 0.25) is 0 Å². The molecule has 2 N–H and O–H groups in total. The molecule has 2 aromatic heterocycles. The average molecular weight is 276 g/mol. The van der Waals surface area contributed by atoms with Gasteiger partial charge in [0.25, 0.3) is 0 Å². The number of nitrogens with zero attached hydrogens (tertiary/aromatic N) is 3. The SMILES string of the molecule is CC(C)C(C)N(C)c1snc(N)c1-c1ccncc1. The van der Waals surface area contributed by atoms with E-state index in [-0.39, 0.29) is 0 Å². The summed E-state index contributed by atoms with van der Waals surface area (Å²) in [6.45, 7) is 6.66. The molecular weight excluding hydrogens is 256 g/mol. The Morgan fingerprint density at radius 3 is 2.42 bits per heavy atom. The Hall–Kier alpha value is -1.62. The fourth-order valence-electron chi connectivity index (χ4n) is 1.96. The number of nitrogens with two attached hydrogens (primary N) is 1. The number of pyridine rings is 1. The fraction of sp³-hybridized carbons (Fsp3) is 0.429. The summed E-state index contributed by atoms with van der Waals surface area (Å²) >= 11 is 1.46. The summed E-state index contributed by atoms with van der Waals surface area (Å²) in [6.07, 6.45) is 3.56. The zero-order valence-electron chi connectivity index (χ0n) is 11.8. The standard InChI is InChI=1S/C14H20N4S/c1-9(2)10(3)18(4)14-12(13(15)17-19-14)11-5-7-16-8-6-11/h5-10H,1-4H3,(H2,15,17). The average Bonchev–Trinajstić information content (AvgIpc) is 2.79. The minimum absolute atomic E-state index is 0.431. The minimum atomic E-state index is 0.431. The molecule has 0 fully saturated rings. The molecule has 0 aliphatic carbocycles. The van der Waals surface area contributed by atoms with Crippen molar-refractivity contribution in [3.8, 4) is 11.1 Å². The van der Waals surface area contributed by atoms with Gasteiger partial charge in [0.05, 0.1) is 5.56 Å². The van der Waals surface area contributed by atoms with Gasteiger partial charge < -0.3 is 10.6 Å². The number of hydrogen-bond donors (Lipinski definition) is 1. The summed E-state index contributed by atoms with van der Waals surface area (Å²) < 4.78 is 4.31. The van der Waals surface area contributed by atoms with Crippen LogP contribution in [0.1, 0.15) is 20.8 Å². The third-order valence-corrected chi connectivity index (χ3v) is 4.52. The topological polar surface area (TPSA) is 55.0 Å². The van der Waals surface area contributed by atoms with Crippen molar-refractivity contribution in [1.82, 2.24) is 9.36 Å². The van der Waals surface area contributed by atoms with Gasteiger partial charge in [0, 0.05) is 25.5 Å². The Labute approximate surface area is 118 Å². The quantitative estimate of drug-likeness (QED) is 0.931. The predicted molar refractivity (Wildman–Crippen MR) is 82.5 cm³/mol. The molecule has 0 radical (unpaired) electrons. The van der Waals surface area contributed by atoms with Gasteiger partial charge in [-0.3, -0.25) is 4.98 Å². The van der Waals surface area contributed by atoms with E-state index in [4.69, 9.17) is 5.73 Å². The van der Waals surface area contributed by atoms with E-state index in [1.165, 1.54) is 11.5 Å². The van der Waals surface area contributed by atoms with Crippen LogP contribution in [0.25, 0.3) is 11.1 Å². The van der Waals surface area contributed by atoms with Gasteiger partial charge in [-0.2, -0.15) is 4.37 Å². The molecule has 1 unspecified atom stereocenters. The van der Waals surface area contributed by atoms with Crippen molar-refractivity contribution in [3.63, 3.8) is 0 Å². The van der Waals surface area contributed by atoms with E-state index in [0.717, 1.165) is 16.1 Å². The Balaban J connectivity index is 2.44.